The second kappa shape index (κ2) is 5.48. The third-order valence-electron chi connectivity index (χ3n) is 2.64. The van der Waals surface area contributed by atoms with Crippen LogP contribution in [0, 0.1) is 17.5 Å². The molecule has 0 bridgehead atoms. The zero-order valence-corrected chi connectivity index (χ0v) is 11.2. The smallest absolute Gasteiger partial charge is 0.246 e. The van der Waals surface area contributed by atoms with Crippen LogP contribution >= 0.6 is 0 Å². The van der Waals surface area contributed by atoms with Gasteiger partial charge in [-0.05, 0) is 13.3 Å². The molecule has 0 saturated heterocycles. The summed E-state index contributed by atoms with van der Waals surface area (Å²) in [5, 5.41) is 9.64. The number of hydrogen-bond donors (Lipinski definition) is 2. The molecule has 1 unspecified atom stereocenters. The lowest BCUT2D eigenvalue weighted by Gasteiger charge is -2.21. The van der Waals surface area contributed by atoms with Crippen molar-refractivity contribution in [3.8, 4) is 0 Å². The highest BCUT2D eigenvalue weighted by Gasteiger charge is 2.28. The first kappa shape index (κ1) is 15.9. The van der Waals surface area contributed by atoms with Crippen molar-refractivity contribution in [3.05, 3.63) is 29.6 Å². The highest BCUT2D eigenvalue weighted by Crippen LogP contribution is 2.20. The molecule has 0 saturated carbocycles. The molecule has 19 heavy (non-hydrogen) atoms. The van der Waals surface area contributed by atoms with Gasteiger partial charge in [-0.2, -0.15) is 0 Å². The lowest BCUT2D eigenvalue weighted by molar-refractivity contribution is 0.0613. The van der Waals surface area contributed by atoms with E-state index < -0.39 is 44.5 Å². The van der Waals surface area contributed by atoms with Crippen molar-refractivity contribution >= 4 is 10.0 Å². The summed E-state index contributed by atoms with van der Waals surface area (Å²) in [6, 6.07) is 0.547. The molecule has 1 rings (SSSR count). The van der Waals surface area contributed by atoms with Gasteiger partial charge in [0.2, 0.25) is 10.0 Å². The average Bonchev–Trinajstić information content (AvgIpc) is 2.25. The SMILES string of the molecule is CCC(C)(O)CNS(=O)(=O)c1c(F)cc(F)cc1F. The van der Waals surface area contributed by atoms with Gasteiger partial charge in [-0.1, -0.05) is 6.92 Å². The molecule has 0 heterocycles. The first-order valence-electron chi connectivity index (χ1n) is 5.45. The predicted octanol–water partition coefficient (Wildman–Crippen LogP) is 1.54. The van der Waals surface area contributed by atoms with E-state index in [1.165, 1.54) is 6.92 Å². The lowest BCUT2D eigenvalue weighted by atomic mass is 10.1. The Kier molecular flexibility index (Phi) is 4.59. The molecule has 1 aromatic carbocycles. The van der Waals surface area contributed by atoms with E-state index in [0.717, 1.165) is 0 Å². The maximum Gasteiger partial charge on any atom is 0.246 e. The van der Waals surface area contributed by atoms with E-state index in [2.05, 4.69) is 0 Å². The van der Waals surface area contributed by atoms with Gasteiger partial charge in [0, 0.05) is 18.7 Å². The molecule has 1 atom stereocenters. The maximum atomic E-state index is 13.3. The van der Waals surface area contributed by atoms with E-state index >= 15 is 0 Å². The summed E-state index contributed by atoms with van der Waals surface area (Å²) in [6.45, 7) is 2.57. The van der Waals surface area contributed by atoms with Gasteiger partial charge in [0.05, 0.1) is 5.60 Å². The fraction of sp³-hybridized carbons (Fsp3) is 0.455. The largest absolute Gasteiger partial charge is 0.389 e. The molecule has 0 aliphatic carbocycles. The Bertz CT molecular complexity index is 550. The number of benzene rings is 1. The Balaban J connectivity index is 3.09. The Hall–Kier alpha value is -1.12. The maximum absolute atomic E-state index is 13.3. The van der Waals surface area contributed by atoms with Gasteiger partial charge in [0.1, 0.15) is 17.5 Å². The number of sulfonamides is 1. The summed E-state index contributed by atoms with van der Waals surface area (Å²) in [5.74, 6) is -4.27. The molecule has 0 amide bonds. The molecule has 8 heteroatoms. The van der Waals surface area contributed by atoms with Gasteiger partial charge < -0.3 is 5.11 Å². The summed E-state index contributed by atoms with van der Waals surface area (Å²) in [5.41, 5.74) is -1.35. The van der Waals surface area contributed by atoms with Crippen molar-refractivity contribution in [1.29, 1.82) is 0 Å². The van der Waals surface area contributed by atoms with Crippen LogP contribution < -0.4 is 4.72 Å². The van der Waals surface area contributed by atoms with Crippen molar-refractivity contribution < 1.29 is 26.7 Å². The molecule has 4 nitrogen and oxygen atoms in total. The minimum absolute atomic E-state index is 0.240. The second-order valence-corrected chi connectivity index (χ2v) is 6.08. The molecule has 108 valence electrons. The van der Waals surface area contributed by atoms with Crippen LogP contribution in [0.2, 0.25) is 0 Å². The Morgan fingerprint density at radius 1 is 1.26 bits per heavy atom. The highest BCUT2D eigenvalue weighted by molar-refractivity contribution is 7.89. The van der Waals surface area contributed by atoms with Gasteiger partial charge in [0.15, 0.2) is 4.90 Å². The number of hydrogen-bond acceptors (Lipinski definition) is 3. The summed E-state index contributed by atoms with van der Waals surface area (Å²) >= 11 is 0. The Morgan fingerprint density at radius 3 is 2.16 bits per heavy atom. The van der Waals surface area contributed by atoms with Crippen molar-refractivity contribution in [3.63, 3.8) is 0 Å². The Morgan fingerprint density at radius 2 is 1.74 bits per heavy atom. The molecule has 0 spiro atoms. The molecule has 0 radical (unpaired) electrons. The standard InChI is InChI=1S/C11H14F3NO3S/c1-3-11(2,16)6-15-19(17,18)10-8(13)4-7(12)5-9(10)14/h4-5,15-16H,3,6H2,1-2H3. The number of halogens is 3. The van der Waals surface area contributed by atoms with Gasteiger partial charge in [-0.25, -0.2) is 26.3 Å². The third kappa shape index (κ3) is 3.92. The predicted molar refractivity (Wildman–Crippen MR) is 62.4 cm³/mol. The van der Waals surface area contributed by atoms with Crippen LogP contribution in [-0.2, 0) is 10.0 Å². The van der Waals surface area contributed by atoms with Crippen LogP contribution in [-0.4, -0.2) is 25.7 Å². The highest BCUT2D eigenvalue weighted by atomic mass is 32.2. The second-order valence-electron chi connectivity index (χ2n) is 4.37. The molecule has 2 N–H and O–H groups in total. The van der Waals surface area contributed by atoms with Crippen LogP contribution in [0.5, 0.6) is 0 Å². The minimum Gasteiger partial charge on any atom is -0.389 e. The van der Waals surface area contributed by atoms with E-state index in [1.807, 2.05) is 4.72 Å². The van der Waals surface area contributed by atoms with Crippen molar-refractivity contribution in [2.45, 2.75) is 30.8 Å². The minimum atomic E-state index is -4.51. The molecule has 0 aromatic heterocycles. The number of aliphatic hydroxyl groups is 1. The fourth-order valence-corrected chi connectivity index (χ4v) is 2.51. The van der Waals surface area contributed by atoms with E-state index in [1.54, 1.807) is 6.92 Å². The zero-order chi connectivity index (χ0) is 14.8. The van der Waals surface area contributed by atoms with Gasteiger partial charge in [-0.3, -0.25) is 0 Å². The normalized spacial score (nSPS) is 15.3. The van der Waals surface area contributed by atoms with Crippen LogP contribution in [0.15, 0.2) is 17.0 Å². The first-order chi connectivity index (χ1) is 8.59. The van der Waals surface area contributed by atoms with Gasteiger partial charge in [0.25, 0.3) is 0 Å². The number of nitrogens with one attached hydrogen (secondary N) is 1. The van der Waals surface area contributed by atoms with Crippen LogP contribution in [0.4, 0.5) is 13.2 Å². The van der Waals surface area contributed by atoms with Crippen molar-refractivity contribution in [2.75, 3.05) is 6.54 Å². The summed E-state index contributed by atoms with van der Waals surface area (Å²) in [6.07, 6.45) is 0.240. The van der Waals surface area contributed by atoms with E-state index in [-0.39, 0.29) is 18.6 Å². The molecule has 0 aliphatic heterocycles. The monoisotopic (exact) mass is 297 g/mol. The zero-order valence-electron chi connectivity index (χ0n) is 10.4. The average molecular weight is 297 g/mol. The molecular formula is C11H14F3NO3S. The molecule has 1 aromatic rings. The van der Waals surface area contributed by atoms with E-state index in [0.29, 0.717) is 0 Å². The molecule has 0 fully saturated rings. The lowest BCUT2D eigenvalue weighted by Crippen LogP contribution is -2.40. The first-order valence-corrected chi connectivity index (χ1v) is 6.94. The third-order valence-corrected chi connectivity index (χ3v) is 4.09. The Labute approximate surface area is 109 Å². The van der Waals surface area contributed by atoms with Gasteiger partial charge in [-0.15, -0.1) is 0 Å². The van der Waals surface area contributed by atoms with Crippen LogP contribution in [0.25, 0.3) is 0 Å². The quantitative estimate of drug-likeness (QED) is 0.866. The number of rotatable bonds is 5. The summed E-state index contributed by atoms with van der Waals surface area (Å²) in [4.78, 5) is -1.26. The van der Waals surface area contributed by atoms with E-state index in [9.17, 15) is 26.7 Å². The van der Waals surface area contributed by atoms with Crippen molar-refractivity contribution in [1.82, 2.24) is 4.72 Å². The molecular weight excluding hydrogens is 283 g/mol. The summed E-state index contributed by atoms with van der Waals surface area (Å²) < 4.78 is 64.7. The van der Waals surface area contributed by atoms with E-state index in [4.69, 9.17) is 0 Å². The topological polar surface area (TPSA) is 66.4 Å². The van der Waals surface area contributed by atoms with Gasteiger partial charge >= 0.3 is 0 Å². The van der Waals surface area contributed by atoms with Crippen LogP contribution in [0.1, 0.15) is 20.3 Å². The molecule has 0 aliphatic rings. The fourth-order valence-electron chi connectivity index (χ4n) is 1.23. The van der Waals surface area contributed by atoms with Crippen molar-refractivity contribution in [2.24, 2.45) is 0 Å². The van der Waals surface area contributed by atoms with Crippen LogP contribution in [0.3, 0.4) is 0 Å². The summed E-state index contributed by atoms with van der Waals surface area (Å²) in [7, 11) is -4.51.